The zero-order valence-electron chi connectivity index (χ0n) is 7.78. The van der Waals surface area contributed by atoms with E-state index >= 15 is 0 Å². The van der Waals surface area contributed by atoms with E-state index in [0.717, 1.165) is 0 Å². The lowest BCUT2D eigenvalue weighted by Gasteiger charge is -2.13. The molecule has 0 bridgehead atoms. The number of allylic oxidation sites excluding steroid dienone is 2. The van der Waals surface area contributed by atoms with Crippen LogP contribution in [0.1, 0.15) is 46.5 Å². The third-order valence-corrected chi connectivity index (χ3v) is 2.07. The lowest BCUT2D eigenvalue weighted by molar-refractivity contribution is 0.667. The van der Waals surface area contributed by atoms with Gasteiger partial charge in [-0.1, -0.05) is 5.57 Å². The lowest BCUT2D eigenvalue weighted by Crippen LogP contribution is -1.96. The fraction of sp³-hybridized carbons (Fsp3) is 0.700. The van der Waals surface area contributed by atoms with Crippen molar-refractivity contribution in [3.05, 3.63) is 11.3 Å². The molecule has 1 aliphatic rings. The molecule has 0 atom stereocenters. The molecule has 0 unspecified atom stereocenters. The van der Waals surface area contributed by atoms with Gasteiger partial charge in [0.1, 0.15) is 0 Å². The van der Waals surface area contributed by atoms with Gasteiger partial charge in [-0.05, 0) is 46.5 Å². The molecule has 1 aliphatic carbocycles. The Balaban J connectivity index is 2.75. The van der Waals surface area contributed by atoms with Crippen LogP contribution in [0, 0.1) is 0 Å². The van der Waals surface area contributed by atoms with E-state index in [9.17, 15) is 0 Å². The maximum atomic E-state index is 4.51. The van der Waals surface area contributed by atoms with E-state index in [2.05, 4.69) is 25.8 Å². The van der Waals surface area contributed by atoms with Crippen molar-refractivity contribution in [1.82, 2.24) is 0 Å². The summed E-state index contributed by atoms with van der Waals surface area (Å²) in [4.78, 5) is 4.51. The predicted octanol–water partition coefficient (Wildman–Crippen LogP) is 3.32. The van der Waals surface area contributed by atoms with Crippen molar-refractivity contribution in [2.75, 3.05) is 0 Å². The zero-order valence-corrected chi connectivity index (χ0v) is 7.78. The molecule has 0 saturated carbocycles. The average molecular weight is 151 g/mol. The average Bonchev–Trinajstić information content (AvgIpc) is 1.93. The molecule has 11 heavy (non-hydrogen) atoms. The molecular weight excluding hydrogens is 134 g/mol. The van der Waals surface area contributed by atoms with Crippen LogP contribution in [0.3, 0.4) is 0 Å². The number of hydrogen-bond acceptors (Lipinski definition) is 1. The Morgan fingerprint density at radius 2 is 1.82 bits per heavy atom. The fourth-order valence-electron chi connectivity index (χ4n) is 1.46. The van der Waals surface area contributed by atoms with Gasteiger partial charge in [-0.3, -0.25) is 4.99 Å². The van der Waals surface area contributed by atoms with Gasteiger partial charge in [0, 0.05) is 11.4 Å². The van der Waals surface area contributed by atoms with Gasteiger partial charge in [0.2, 0.25) is 0 Å². The summed E-state index contributed by atoms with van der Waals surface area (Å²) in [5, 5.41) is 0. The highest BCUT2D eigenvalue weighted by Gasteiger charge is 2.07. The van der Waals surface area contributed by atoms with Crippen LogP contribution in [0.2, 0.25) is 0 Å². The normalized spacial score (nSPS) is 18.5. The topological polar surface area (TPSA) is 12.4 Å². The third-order valence-electron chi connectivity index (χ3n) is 2.07. The summed E-state index contributed by atoms with van der Waals surface area (Å²) in [5.74, 6) is 0. The summed E-state index contributed by atoms with van der Waals surface area (Å²) in [6, 6.07) is 0. The molecule has 0 aromatic carbocycles. The number of hydrogen-bond donors (Lipinski definition) is 0. The van der Waals surface area contributed by atoms with E-state index in [1.165, 1.54) is 42.7 Å². The Morgan fingerprint density at radius 3 is 2.36 bits per heavy atom. The van der Waals surface area contributed by atoms with Crippen LogP contribution < -0.4 is 0 Å². The smallest absolute Gasteiger partial charge is 0.0391 e. The summed E-state index contributed by atoms with van der Waals surface area (Å²) < 4.78 is 0. The van der Waals surface area contributed by atoms with Crippen molar-refractivity contribution in [3.8, 4) is 0 Å². The standard InChI is InChI=1S/C10H17N/c1-8(2)11-10-7-5-4-6-9(10)3/h4-7H2,1-3H3. The Hall–Kier alpha value is -0.590. The van der Waals surface area contributed by atoms with E-state index < -0.39 is 0 Å². The van der Waals surface area contributed by atoms with Gasteiger partial charge in [-0.2, -0.15) is 0 Å². The van der Waals surface area contributed by atoms with Crippen LogP contribution >= 0.6 is 0 Å². The summed E-state index contributed by atoms with van der Waals surface area (Å²) >= 11 is 0. The van der Waals surface area contributed by atoms with Crippen LogP contribution in [0.5, 0.6) is 0 Å². The summed E-state index contributed by atoms with van der Waals surface area (Å²) in [5.41, 5.74) is 4.02. The van der Waals surface area contributed by atoms with E-state index in [4.69, 9.17) is 0 Å². The Labute approximate surface area is 69.2 Å². The van der Waals surface area contributed by atoms with Crippen molar-refractivity contribution in [2.45, 2.75) is 46.5 Å². The van der Waals surface area contributed by atoms with Gasteiger partial charge in [0.15, 0.2) is 0 Å². The van der Waals surface area contributed by atoms with Gasteiger partial charge >= 0.3 is 0 Å². The molecule has 0 radical (unpaired) electrons. The fourth-order valence-corrected chi connectivity index (χ4v) is 1.46. The Morgan fingerprint density at radius 1 is 1.18 bits per heavy atom. The Bertz CT molecular complexity index is 195. The van der Waals surface area contributed by atoms with Crippen LogP contribution in [-0.4, -0.2) is 5.71 Å². The molecule has 0 fully saturated rings. The van der Waals surface area contributed by atoms with Gasteiger partial charge in [0.25, 0.3) is 0 Å². The summed E-state index contributed by atoms with van der Waals surface area (Å²) in [6.07, 6.45) is 5.13. The second-order valence-electron chi connectivity index (χ2n) is 3.49. The van der Waals surface area contributed by atoms with Crippen molar-refractivity contribution < 1.29 is 0 Å². The van der Waals surface area contributed by atoms with Gasteiger partial charge in [0.05, 0.1) is 0 Å². The first-order valence-corrected chi connectivity index (χ1v) is 4.40. The third kappa shape index (κ3) is 2.49. The van der Waals surface area contributed by atoms with E-state index in [0.29, 0.717) is 0 Å². The maximum absolute atomic E-state index is 4.51. The molecule has 62 valence electrons. The second kappa shape index (κ2) is 3.70. The minimum absolute atomic E-state index is 1.18. The predicted molar refractivity (Wildman–Crippen MR) is 50.0 cm³/mol. The second-order valence-corrected chi connectivity index (χ2v) is 3.49. The molecule has 1 heteroatoms. The lowest BCUT2D eigenvalue weighted by atomic mass is 9.98. The molecule has 0 aromatic heterocycles. The first kappa shape index (κ1) is 8.51. The highest BCUT2D eigenvalue weighted by Crippen LogP contribution is 2.24. The maximum Gasteiger partial charge on any atom is 0.0391 e. The van der Waals surface area contributed by atoms with Crippen molar-refractivity contribution in [2.24, 2.45) is 4.99 Å². The van der Waals surface area contributed by atoms with Gasteiger partial charge < -0.3 is 0 Å². The minimum Gasteiger partial charge on any atom is -0.263 e. The molecule has 0 heterocycles. The van der Waals surface area contributed by atoms with Crippen molar-refractivity contribution in [1.29, 1.82) is 0 Å². The number of aliphatic imine (C=N–C) groups is 1. The summed E-state index contributed by atoms with van der Waals surface area (Å²) in [6.45, 7) is 6.34. The van der Waals surface area contributed by atoms with E-state index in [1.54, 1.807) is 0 Å². The number of nitrogens with zero attached hydrogens (tertiary/aromatic N) is 1. The van der Waals surface area contributed by atoms with Gasteiger partial charge in [-0.15, -0.1) is 0 Å². The summed E-state index contributed by atoms with van der Waals surface area (Å²) in [7, 11) is 0. The molecule has 1 rings (SSSR count). The minimum atomic E-state index is 1.18. The molecule has 0 spiro atoms. The van der Waals surface area contributed by atoms with Crippen LogP contribution in [0.25, 0.3) is 0 Å². The monoisotopic (exact) mass is 151 g/mol. The zero-order chi connectivity index (χ0) is 8.27. The van der Waals surface area contributed by atoms with Crippen LogP contribution in [0.4, 0.5) is 0 Å². The van der Waals surface area contributed by atoms with E-state index in [-0.39, 0.29) is 0 Å². The van der Waals surface area contributed by atoms with Gasteiger partial charge in [-0.25, -0.2) is 0 Å². The molecule has 0 amide bonds. The first-order chi connectivity index (χ1) is 5.20. The van der Waals surface area contributed by atoms with Crippen LogP contribution in [-0.2, 0) is 0 Å². The van der Waals surface area contributed by atoms with Crippen molar-refractivity contribution in [3.63, 3.8) is 0 Å². The molecule has 0 saturated heterocycles. The van der Waals surface area contributed by atoms with E-state index in [1.807, 2.05) is 0 Å². The first-order valence-electron chi connectivity index (χ1n) is 4.40. The Kier molecular flexibility index (Phi) is 2.86. The highest BCUT2D eigenvalue weighted by molar-refractivity contribution is 5.80. The quantitative estimate of drug-likeness (QED) is 0.510. The van der Waals surface area contributed by atoms with Crippen molar-refractivity contribution >= 4 is 5.71 Å². The number of rotatable bonds is 1. The largest absolute Gasteiger partial charge is 0.263 e. The molecule has 1 nitrogen and oxygen atoms in total. The van der Waals surface area contributed by atoms with Crippen LogP contribution in [0.15, 0.2) is 16.3 Å². The highest BCUT2D eigenvalue weighted by atomic mass is 14.8. The molecule has 0 N–H and O–H groups in total. The SMILES string of the molecule is CC(C)=NC1=C(C)CCCC1. The molecule has 0 aromatic rings. The molecular formula is C10H17N. The molecule has 0 aliphatic heterocycles.